The van der Waals surface area contributed by atoms with Crippen molar-refractivity contribution in [2.75, 3.05) is 18.5 Å². The van der Waals surface area contributed by atoms with Crippen LogP contribution in [0, 0.1) is 0 Å². The molecule has 0 fully saturated rings. The number of hydrogen-bond donors (Lipinski definition) is 5. The van der Waals surface area contributed by atoms with Crippen LogP contribution in [-0.2, 0) is 0 Å². The maximum absolute atomic E-state index is 11.7. The van der Waals surface area contributed by atoms with Crippen molar-refractivity contribution >= 4 is 17.6 Å². The number of primary amides is 1. The number of rotatable bonds is 5. The van der Waals surface area contributed by atoms with Crippen LogP contribution >= 0.6 is 0 Å². The van der Waals surface area contributed by atoms with Gasteiger partial charge >= 0.3 is 6.03 Å². The van der Waals surface area contributed by atoms with Crippen LogP contribution in [0.3, 0.4) is 0 Å². The van der Waals surface area contributed by atoms with Crippen LogP contribution in [0.15, 0.2) is 18.5 Å². The summed E-state index contributed by atoms with van der Waals surface area (Å²) in [5.74, 6) is 4.92. The number of amides is 3. The van der Waals surface area contributed by atoms with Crippen LogP contribution in [0.2, 0.25) is 0 Å². The number of hydrogen-bond acceptors (Lipinski definition) is 5. The molecule has 0 saturated heterocycles. The Bertz CT molecular complexity index is 408. The minimum atomic E-state index is -0.634. The first kappa shape index (κ1) is 12.7. The van der Waals surface area contributed by atoms with E-state index in [0.717, 1.165) is 0 Å². The van der Waals surface area contributed by atoms with Crippen molar-refractivity contribution in [3.8, 4) is 0 Å². The van der Waals surface area contributed by atoms with E-state index in [2.05, 4.69) is 21.0 Å². The van der Waals surface area contributed by atoms with Gasteiger partial charge in [0.2, 0.25) is 0 Å². The quantitative estimate of drug-likeness (QED) is 0.248. The number of aromatic nitrogens is 1. The van der Waals surface area contributed by atoms with Gasteiger partial charge in [0.25, 0.3) is 5.91 Å². The van der Waals surface area contributed by atoms with E-state index in [1.54, 1.807) is 6.07 Å². The Morgan fingerprint density at radius 1 is 1.29 bits per heavy atom. The second-order valence-electron chi connectivity index (χ2n) is 3.11. The minimum absolute atomic E-state index is 0.257. The second kappa shape index (κ2) is 6.28. The van der Waals surface area contributed by atoms with Gasteiger partial charge in [-0.15, -0.1) is 0 Å². The molecule has 3 amide bonds. The first-order valence-electron chi connectivity index (χ1n) is 4.87. The minimum Gasteiger partial charge on any atom is -0.352 e. The molecule has 0 aromatic carbocycles. The number of carbonyl (C=O) groups is 2. The number of urea groups is 1. The van der Waals surface area contributed by atoms with E-state index in [1.807, 2.05) is 0 Å². The molecule has 8 heteroatoms. The zero-order chi connectivity index (χ0) is 12.7. The summed E-state index contributed by atoms with van der Waals surface area (Å²) in [6.45, 7) is 0.521. The molecule has 0 spiro atoms. The van der Waals surface area contributed by atoms with Crippen molar-refractivity contribution < 1.29 is 9.59 Å². The van der Waals surface area contributed by atoms with Crippen molar-refractivity contribution in [3.05, 3.63) is 24.0 Å². The zero-order valence-corrected chi connectivity index (χ0v) is 9.06. The molecule has 0 aliphatic heterocycles. The first-order valence-corrected chi connectivity index (χ1v) is 4.87. The highest BCUT2D eigenvalue weighted by Crippen LogP contribution is 2.10. The van der Waals surface area contributed by atoms with E-state index in [4.69, 9.17) is 11.6 Å². The molecule has 0 aliphatic rings. The van der Waals surface area contributed by atoms with Crippen LogP contribution in [0.5, 0.6) is 0 Å². The van der Waals surface area contributed by atoms with Crippen LogP contribution < -0.4 is 27.6 Å². The molecule has 0 unspecified atom stereocenters. The zero-order valence-electron chi connectivity index (χ0n) is 9.06. The smallest absolute Gasteiger partial charge is 0.312 e. The number of nitrogens with one attached hydrogen (secondary N) is 3. The fourth-order valence-electron chi connectivity index (χ4n) is 1.16. The van der Waals surface area contributed by atoms with Crippen molar-refractivity contribution in [1.29, 1.82) is 0 Å². The molecule has 0 bridgehead atoms. The summed E-state index contributed by atoms with van der Waals surface area (Å²) >= 11 is 0. The maximum Gasteiger partial charge on any atom is 0.312 e. The van der Waals surface area contributed by atoms with Crippen LogP contribution in [0.1, 0.15) is 10.4 Å². The van der Waals surface area contributed by atoms with E-state index in [-0.39, 0.29) is 19.0 Å². The number of pyridine rings is 1. The van der Waals surface area contributed by atoms with E-state index < -0.39 is 6.03 Å². The van der Waals surface area contributed by atoms with Gasteiger partial charge in [-0.1, -0.05) is 0 Å². The Kier molecular flexibility index (Phi) is 4.70. The lowest BCUT2D eigenvalue weighted by molar-refractivity contribution is 0.0954. The highest BCUT2D eigenvalue weighted by atomic mass is 16.2. The lowest BCUT2D eigenvalue weighted by atomic mass is 10.2. The van der Waals surface area contributed by atoms with E-state index in [0.29, 0.717) is 11.3 Å². The Labute approximate surface area is 97.7 Å². The van der Waals surface area contributed by atoms with Gasteiger partial charge in [-0.25, -0.2) is 4.79 Å². The lowest BCUT2D eigenvalue weighted by Crippen LogP contribution is -2.37. The normalized spacial score (nSPS) is 9.47. The fourth-order valence-corrected chi connectivity index (χ4v) is 1.16. The Balaban J connectivity index is 2.49. The molecule has 0 atom stereocenters. The van der Waals surface area contributed by atoms with E-state index >= 15 is 0 Å². The summed E-state index contributed by atoms with van der Waals surface area (Å²) in [6.07, 6.45) is 2.91. The molecule has 0 radical (unpaired) electrons. The van der Waals surface area contributed by atoms with Gasteiger partial charge in [-0.3, -0.25) is 15.6 Å². The van der Waals surface area contributed by atoms with Gasteiger partial charge in [-0.2, -0.15) is 0 Å². The number of anilines is 1. The number of nitrogen functional groups attached to an aromatic ring is 1. The third kappa shape index (κ3) is 3.95. The van der Waals surface area contributed by atoms with Crippen molar-refractivity contribution in [2.45, 2.75) is 0 Å². The molecule has 8 nitrogen and oxygen atoms in total. The Morgan fingerprint density at radius 3 is 2.65 bits per heavy atom. The molecule has 1 aromatic rings. The third-order valence-corrected chi connectivity index (χ3v) is 1.93. The standard InChI is InChI=1S/C9H14N6O2/c10-9(17)14-4-3-13-8(16)6-5-12-2-1-7(6)15-11/h1-2,5H,3-4,11H2,(H,12,15)(H,13,16)(H3,10,14,17). The number of hydrazine groups is 1. The summed E-state index contributed by atoms with van der Waals surface area (Å²) in [5.41, 5.74) is 8.06. The molecule has 1 rings (SSSR count). The topological polar surface area (TPSA) is 135 Å². The molecule has 17 heavy (non-hydrogen) atoms. The summed E-state index contributed by atoms with van der Waals surface area (Å²) in [5, 5.41) is 4.93. The van der Waals surface area contributed by atoms with Gasteiger partial charge < -0.3 is 21.8 Å². The number of nitrogens with zero attached hydrogens (tertiary/aromatic N) is 1. The van der Waals surface area contributed by atoms with Crippen molar-refractivity contribution in [1.82, 2.24) is 15.6 Å². The molecular weight excluding hydrogens is 224 g/mol. The Morgan fingerprint density at radius 2 is 2.00 bits per heavy atom. The monoisotopic (exact) mass is 238 g/mol. The SMILES string of the molecule is NNc1ccncc1C(=O)NCCNC(N)=O. The van der Waals surface area contributed by atoms with Gasteiger partial charge in [0, 0.05) is 25.5 Å². The molecule has 1 aromatic heterocycles. The average Bonchev–Trinajstić information content (AvgIpc) is 2.34. The predicted molar refractivity (Wildman–Crippen MR) is 62.0 cm³/mol. The molecule has 92 valence electrons. The summed E-state index contributed by atoms with van der Waals surface area (Å²) < 4.78 is 0. The molecule has 1 heterocycles. The van der Waals surface area contributed by atoms with Gasteiger partial charge in [0.1, 0.15) is 0 Å². The van der Waals surface area contributed by atoms with Gasteiger partial charge in [0.05, 0.1) is 11.3 Å². The fraction of sp³-hybridized carbons (Fsp3) is 0.222. The van der Waals surface area contributed by atoms with Crippen LogP contribution in [0.4, 0.5) is 10.5 Å². The number of carbonyl (C=O) groups excluding carboxylic acids is 2. The molecular formula is C9H14N6O2. The van der Waals surface area contributed by atoms with Crippen LogP contribution in [-0.4, -0.2) is 30.0 Å². The maximum atomic E-state index is 11.7. The summed E-state index contributed by atoms with van der Waals surface area (Å²) in [4.78, 5) is 25.9. The van der Waals surface area contributed by atoms with E-state index in [9.17, 15) is 9.59 Å². The first-order chi connectivity index (χ1) is 8.15. The largest absolute Gasteiger partial charge is 0.352 e. The molecule has 0 saturated carbocycles. The van der Waals surface area contributed by atoms with Gasteiger partial charge in [-0.05, 0) is 6.07 Å². The molecule has 0 aliphatic carbocycles. The second-order valence-corrected chi connectivity index (χ2v) is 3.11. The van der Waals surface area contributed by atoms with E-state index in [1.165, 1.54) is 12.4 Å². The lowest BCUT2D eigenvalue weighted by Gasteiger charge is -2.08. The van der Waals surface area contributed by atoms with Crippen molar-refractivity contribution in [3.63, 3.8) is 0 Å². The third-order valence-electron chi connectivity index (χ3n) is 1.93. The highest BCUT2D eigenvalue weighted by Gasteiger charge is 2.09. The van der Waals surface area contributed by atoms with Crippen LogP contribution in [0.25, 0.3) is 0 Å². The average molecular weight is 238 g/mol. The number of nitrogens with two attached hydrogens (primary N) is 2. The summed E-state index contributed by atoms with van der Waals surface area (Å²) in [7, 11) is 0. The predicted octanol–water partition coefficient (Wildman–Crippen LogP) is -1.23. The summed E-state index contributed by atoms with van der Waals surface area (Å²) in [6, 6.07) is 0.946. The van der Waals surface area contributed by atoms with Crippen molar-refractivity contribution in [2.24, 2.45) is 11.6 Å². The van der Waals surface area contributed by atoms with Gasteiger partial charge in [0.15, 0.2) is 0 Å². The Hall–Kier alpha value is -2.35. The molecule has 7 N–H and O–H groups in total. The highest BCUT2D eigenvalue weighted by molar-refractivity contribution is 5.99.